The third kappa shape index (κ3) is 2.71. The summed E-state index contributed by atoms with van der Waals surface area (Å²) in [4.78, 5) is 0. The summed E-state index contributed by atoms with van der Waals surface area (Å²) < 4.78 is 3.57. The Morgan fingerprint density at radius 1 is 1.17 bits per heavy atom. The number of aromatic nitrogens is 6. The molecule has 7 nitrogen and oxygen atoms in total. The minimum atomic E-state index is 0.655. The van der Waals surface area contributed by atoms with Gasteiger partial charge in [0.1, 0.15) is 6.33 Å². The van der Waals surface area contributed by atoms with Gasteiger partial charge < -0.3 is 5.32 Å². The minimum Gasteiger partial charge on any atom is -0.378 e. The summed E-state index contributed by atoms with van der Waals surface area (Å²) >= 11 is 0. The number of aryl methyl sites for hydroxylation is 1. The second-order valence-electron chi connectivity index (χ2n) is 5.48. The predicted molar refractivity (Wildman–Crippen MR) is 91.1 cm³/mol. The van der Waals surface area contributed by atoms with Crippen molar-refractivity contribution in [3.05, 3.63) is 66.4 Å². The number of para-hydroxylation sites is 1. The van der Waals surface area contributed by atoms with E-state index in [4.69, 9.17) is 0 Å². The van der Waals surface area contributed by atoms with E-state index < -0.39 is 0 Å². The van der Waals surface area contributed by atoms with E-state index in [1.807, 2.05) is 53.5 Å². The molecule has 3 heterocycles. The van der Waals surface area contributed by atoms with Gasteiger partial charge in [0.2, 0.25) is 5.65 Å². The van der Waals surface area contributed by atoms with E-state index in [1.54, 1.807) is 10.8 Å². The van der Waals surface area contributed by atoms with E-state index in [9.17, 15) is 0 Å². The summed E-state index contributed by atoms with van der Waals surface area (Å²) in [6, 6.07) is 12.1. The SMILES string of the molecule is CCc1cc(NCc2cnn(-c3ccccc3)c2)c2nncn2n1. The highest BCUT2D eigenvalue weighted by Crippen LogP contribution is 2.17. The average molecular weight is 319 g/mol. The first kappa shape index (κ1) is 14.4. The highest BCUT2D eigenvalue weighted by atomic mass is 15.3. The van der Waals surface area contributed by atoms with Gasteiger partial charge in [-0.25, -0.2) is 4.68 Å². The zero-order valence-electron chi connectivity index (χ0n) is 13.3. The summed E-state index contributed by atoms with van der Waals surface area (Å²) in [5, 5.41) is 20.3. The van der Waals surface area contributed by atoms with Crippen LogP contribution in [0.4, 0.5) is 5.69 Å². The number of fused-ring (bicyclic) bond motifs is 1. The molecule has 24 heavy (non-hydrogen) atoms. The molecule has 0 aliphatic heterocycles. The third-order valence-corrected chi connectivity index (χ3v) is 3.82. The van der Waals surface area contributed by atoms with Gasteiger partial charge in [-0.2, -0.15) is 14.7 Å². The maximum atomic E-state index is 4.45. The fraction of sp³-hybridized carbons (Fsp3) is 0.176. The molecule has 7 heteroatoms. The van der Waals surface area contributed by atoms with Crippen LogP contribution in [-0.2, 0) is 13.0 Å². The van der Waals surface area contributed by atoms with Crippen LogP contribution in [0.3, 0.4) is 0 Å². The maximum Gasteiger partial charge on any atom is 0.200 e. The van der Waals surface area contributed by atoms with Crippen molar-refractivity contribution >= 4 is 11.3 Å². The zero-order chi connectivity index (χ0) is 16.4. The van der Waals surface area contributed by atoms with Crippen LogP contribution in [0, 0.1) is 0 Å². The lowest BCUT2D eigenvalue weighted by atomic mass is 10.2. The average Bonchev–Trinajstić information content (AvgIpc) is 3.29. The van der Waals surface area contributed by atoms with Gasteiger partial charge in [-0.1, -0.05) is 25.1 Å². The van der Waals surface area contributed by atoms with Gasteiger partial charge in [-0.05, 0) is 24.6 Å². The van der Waals surface area contributed by atoms with Crippen molar-refractivity contribution in [3.63, 3.8) is 0 Å². The molecule has 0 unspecified atom stereocenters. The van der Waals surface area contributed by atoms with E-state index in [-0.39, 0.29) is 0 Å². The second kappa shape index (κ2) is 6.11. The van der Waals surface area contributed by atoms with Crippen LogP contribution < -0.4 is 5.32 Å². The molecule has 0 atom stereocenters. The fourth-order valence-electron chi connectivity index (χ4n) is 2.55. The number of benzene rings is 1. The van der Waals surface area contributed by atoms with Crippen LogP contribution >= 0.6 is 0 Å². The number of nitrogens with zero attached hydrogens (tertiary/aromatic N) is 6. The minimum absolute atomic E-state index is 0.655. The molecule has 0 aliphatic rings. The Kier molecular flexibility index (Phi) is 3.66. The van der Waals surface area contributed by atoms with E-state index in [0.717, 1.165) is 34.7 Å². The molecule has 1 aromatic carbocycles. The molecular formula is C17H17N7. The smallest absolute Gasteiger partial charge is 0.200 e. The molecule has 0 radical (unpaired) electrons. The molecule has 0 spiro atoms. The normalized spacial score (nSPS) is 11.0. The van der Waals surface area contributed by atoms with E-state index >= 15 is 0 Å². The summed E-state index contributed by atoms with van der Waals surface area (Å²) in [5.74, 6) is 0. The quantitative estimate of drug-likeness (QED) is 0.612. The third-order valence-electron chi connectivity index (χ3n) is 3.82. The first-order valence-corrected chi connectivity index (χ1v) is 7.86. The maximum absolute atomic E-state index is 4.45. The van der Waals surface area contributed by atoms with E-state index in [1.165, 1.54) is 0 Å². The molecule has 0 fully saturated rings. The van der Waals surface area contributed by atoms with Crippen LogP contribution in [0.1, 0.15) is 18.2 Å². The van der Waals surface area contributed by atoms with Gasteiger partial charge in [0.15, 0.2) is 0 Å². The summed E-state index contributed by atoms with van der Waals surface area (Å²) in [5.41, 5.74) is 4.77. The molecule has 0 aliphatic carbocycles. The van der Waals surface area contributed by atoms with Gasteiger partial charge in [-0.3, -0.25) is 0 Å². The largest absolute Gasteiger partial charge is 0.378 e. The van der Waals surface area contributed by atoms with Crippen LogP contribution in [0.25, 0.3) is 11.3 Å². The van der Waals surface area contributed by atoms with Crippen LogP contribution in [0.2, 0.25) is 0 Å². The van der Waals surface area contributed by atoms with Gasteiger partial charge >= 0.3 is 0 Å². The second-order valence-corrected chi connectivity index (χ2v) is 5.48. The molecule has 4 rings (SSSR count). The molecule has 120 valence electrons. The van der Waals surface area contributed by atoms with Crippen molar-refractivity contribution in [1.82, 2.24) is 29.6 Å². The van der Waals surface area contributed by atoms with Crippen LogP contribution in [-0.4, -0.2) is 29.6 Å². The highest BCUT2D eigenvalue weighted by Gasteiger charge is 2.08. The number of hydrogen-bond donors (Lipinski definition) is 1. The molecule has 0 bridgehead atoms. The Morgan fingerprint density at radius 3 is 2.88 bits per heavy atom. The molecule has 1 N–H and O–H groups in total. The van der Waals surface area contributed by atoms with E-state index in [0.29, 0.717) is 6.54 Å². The Labute approximate surface area is 139 Å². The molecule has 4 aromatic rings. The van der Waals surface area contributed by atoms with Gasteiger partial charge in [-0.15, -0.1) is 10.2 Å². The topological polar surface area (TPSA) is 72.9 Å². The number of anilines is 1. The van der Waals surface area contributed by atoms with Crippen molar-refractivity contribution in [2.75, 3.05) is 5.32 Å². The predicted octanol–water partition coefficient (Wildman–Crippen LogP) is 2.48. The lowest BCUT2D eigenvalue weighted by molar-refractivity contribution is 0.856. The Hall–Kier alpha value is -3.22. The molecule has 3 aromatic heterocycles. The Balaban J connectivity index is 1.55. The summed E-state index contributed by atoms with van der Waals surface area (Å²) in [6.07, 6.45) is 6.36. The molecule has 0 amide bonds. The standard InChI is InChI=1S/C17H17N7/c1-2-14-8-16(17-21-19-12-24(17)22-14)18-9-13-10-20-23(11-13)15-6-4-3-5-7-15/h3-8,10-12,18H,2,9H2,1H3. The lowest BCUT2D eigenvalue weighted by Crippen LogP contribution is -2.05. The zero-order valence-corrected chi connectivity index (χ0v) is 13.3. The Bertz CT molecular complexity index is 955. The van der Waals surface area contributed by atoms with Gasteiger partial charge in [0.05, 0.1) is 23.3 Å². The van der Waals surface area contributed by atoms with Crippen molar-refractivity contribution in [2.45, 2.75) is 19.9 Å². The summed E-state index contributed by atoms with van der Waals surface area (Å²) in [6.45, 7) is 2.73. The van der Waals surface area contributed by atoms with Gasteiger partial charge in [0.25, 0.3) is 0 Å². The van der Waals surface area contributed by atoms with Crippen molar-refractivity contribution < 1.29 is 0 Å². The number of rotatable bonds is 5. The van der Waals surface area contributed by atoms with Crippen molar-refractivity contribution in [1.29, 1.82) is 0 Å². The van der Waals surface area contributed by atoms with E-state index in [2.05, 4.69) is 32.6 Å². The monoisotopic (exact) mass is 319 g/mol. The first-order chi connectivity index (χ1) is 11.8. The first-order valence-electron chi connectivity index (χ1n) is 7.86. The van der Waals surface area contributed by atoms with Crippen molar-refractivity contribution in [2.24, 2.45) is 0 Å². The lowest BCUT2D eigenvalue weighted by Gasteiger charge is -2.07. The summed E-state index contributed by atoms with van der Waals surface area (Å²) in [7, 11) is 0. The molecule has 0 saturated carbocycles. The highest BCUT2D eigenvalue weighted by molar-refractivity contribution is 5.66. The van der Waals surface area contributed by atoms with Crippen molar-refractivity contribution in [3.8, 4) is 5.69 Å². The van der Waals surface area contributed by atoms with Crippen LogP contribution in [0.15, 0.2) is 55.1 Å². The number of hydrogen-bond acceptors (Lipinski definition) is 5. The van der Waals surface area contributed by atoms with Crippen LogP contribution in [0.5, 0.6) is 0 Å². The number of nitrogens with one attached hydrogen (secondary N) is 1. The molecular weight excluding hydrogens is 302 g/mol. The Morgan fingerprint density at radius 2 is 2.04 bits per heavy atom. The fourth-order valence-corrected chi connectivity index (χ4v) is 2.55. The van der Waals surface area contributed by atoms with Gasteiger partial charge in [0, 0.05) is 18.3 Å². The molecule has 0 saturated heterocycles.